The molecule has 82 valence electrons. The van der Waals surface area contributed by atoms with Crippen LogP contribution in [0.15, 0.2) is 18.2 Å². The van der Waals surface area contributed by atoms with Crippen molar-refractivity contribution in [2.24, 2.45) is 5.73 Å². The second-order valence-corrected chi connectivity index (χ2v) is 3.45. The van der Waals surface area contributed by atoms with Gasteiger partial charge < -0.3 is 15.6 Å². The Morgan fingerprint density at radius 2 is 2.27 bits per heavy atom. The molecule has 15 heavy (non-hydrogen) atoms. The molecule has 0 saturated heterocycles. The van der Waals surface area contributed by atoms with E-state index in [0.29, 0.717) is 6.42 Å². The number of nitrogens with two attached hydrogens (primary N) is 1. The third kappa shape index (κ3) is 2.95. The van der Waals surface area contributed by atoms with Crippen molar-refractivity contribution in [1.29, 1.82) is 0 Å². The molecule has 4 heteroatoms. The van der Waals surface area contributed by atoms with E-state index < -0.39 is 12.0 Å². The smallest absolute Gasteiger partial charge is 0.322 e. The summed E-state index contributed by atoms with van der Waals surface area (Å²) in [6, 6.07) is 4.48. The molecule has 1 aromatic rings. The van der Waals surface area contributed by atoms with Crippen molar-refractivity contribution in [3.8, 4) is 5.75 Å². The highest BCUT2D eigenvalue weighted by molar-refractivity contribution is 5.75. The van der Waals surface area contributed by atoms with Gasteiger partial charge in [-0.05, 0) is 30.5 Å². The lowest BCUT2D eigenvalue weighted by molar-refractivity contribution is -0.142. The topological polar surface area (TPSA) is 72.5 Å². The fraction of sp³-hybridized carbons (Fsp3) is 0.364. The van der Waals surface area contributed by atoms with Gasteiger partial charge in [0, 0.05) is 0 Å². The maximum Gasteiger partial charge on any atom is 0.322 e. The highest BCUT2D eigenvalue weighted by Gasteiger charge is 2.14. The van der Waals surface area contributed by atoms with Gasteiger partial charge in [-0.2, -0.15) is 0 Å². The Hall–Kier alpha value is -1.55. The molecule has 1 aromatic carbocycles. The maximum absolute atomic E-state index is 11.1. The predicted molar refractivity (Wildman–Crippen MR) is 56.5 cm³/mol. The van der Waals surface area contributed by atoms with Crippen molar-refractivity contribution >= 4 is 5.97 Å². The van der Waals surface area contributed by atoms with Crippen LogP contribution in [-0.2, 0) is 16.0 Å². The molecule has 0 aromatic heterocycles. The number of esters is 1. The van der Waals surface area contributed by atoms with E-state index in [9.17, 15) is 9.90 Å². The van der Waals surface area contributed by atoms with Gasteiger partial charge in [-0.25, -0.2) is 0 Å². The van der Waals surface area contributed by atoms with E-state index in [1.54, 1.807) is 25.1 Å². The molecule has 0 radical (unpaired) electrons. The monoisotopic (exact) mass is 209 g/mol. The number of methoxy groups -OCH3 is 1. The Bertz CT molecular complexity index is 363. The molecule has 4 nitrogen and oxygen atoms in total. The zero-order valence-electron chi connectivity index (χ0n) is 8.86. The van der Waals surface area contributed by atoms with Crippen molar-refractivity contribution < 1.29 is 14.6 Å². The fourth-order valence-corrected chi connectivity index (χ4v) is 1.33. The summed E-state index contributed by atoms with van der Waals surface area (Å²) < 4.78 is 4.52. The molecule has 0 spiro atoms. The molecule has 1 atom stereocenters. The Balaban J connectivity index is 2.73. The van der Waals surface area contributed by atoms with Gasteiger partial charge in [0.15, 0.2) is 0 Å². The number of aromatic hydroxyl groups is 1. The second-order valence-electron chi connectivity index (χ2n) is 3.45. The van der Waals surface area contributed by atoms with Crippen LogP contribution < -0.4 is 5.73 Å². The number of benzene rings is 1. The van der Waals surface area contributed by atoms with Crippen LogP contribution in [0.2, 0.25) is 0 Å². The number of ether oxygens (including phenoxy) is 1. The van der Waals surface area contributed by atoms with E-state index in [2.05, 4.69) is 4.74 Å². The summed E-state index contributed by atoms with van der Waals surface area (Å²) in [5, 5.41) is 9.31. The molecule has 0 heterocycles. The molecule has 0 saturated carbocycles. The van der Waals surface area contributed by atoms with Crippen molar-refractivity contribution in [3.63, 3.8) is 0 Å². The molecule has 3 N–H and O–H groups in total. The highest BCUT2D eigenvalue weighted by Crippen LogP contribution is 2.17. The Labute approximate surface area is 88.7 Å². The summed E-state index contributed by atoms with van der Waals surface area (Å²) in [6.07, 6.45) is 0.411. The SMILES string of the molecule is COC(=O)[C@H](N)Cc1ccc(O)c(C)c1. The van der Waals surface area contributed by atoms with E-state index in [1.165, 1.54) is 7.11 Å². The number of carbonyl (C=O) groups excluding carboxylic acids is 1. The zero-order valence-corrected chi connectivity index (χ0v) is 8.86. The van der Waals surface area contributed by atoms with Gasteiger partial charge in [0.25, 0.3) is 0 Å². The summed E-state index contributed by atoms with van der Waals surface area (Å²) in [5.74, 6) is -0.189. The van der Waals surface area contributed by atoms with Crippen LogP contribution in [0, 0.1) is 6.92 Å². The van der Waals surface area contributed by atoms with Gasteiger partial charge in [0.1, 0.15) is 11.8 Å². The van der Waals surface area contributed by atoms with Crippen LogP contribution in [0.5, 0.6) is 5.75 Å². The Morgan fingerprint density at radius 1 is 1.60 bits per heavy atom. The van der Waals surface area contributed by atoms with Crippen LogP contribution in [0.1, 0.15) is 11.1 Å². The number of hydrogen-bond donors (Lipinski definition) is 2. The molecule has 0 bridgehead atoms. The van der Waals surface area contributed by atoms with E-state index in [0.717, 1.165) is 11.1 Å². The minimum Gasteiger partial charge on any atom is -0.508 e. The predicted octanol–water partition coefficient (Wildman–Crippen LogP) is 0.743. The summed E-state index contributed by atoms with van der Waals surface area (Å²) >= 11 is 0. The molecule has 0 amide bonds. The number of phenolic OH excluding ortho intramolecular Hbond substituents is 1. The molecule has 0 aliphatic carbocycles. The van der Waals surface area contributed by atoms with Gasteiger partial charge in [-0.1, -0.05) is 12.1 Å². The first-order valence-corrected chi connectivity index (χ1v) is 4.66. The van der Waals surface area contributed by atoms with Crippen LogP contribution >= 0.6 is 0 Å². The average Bonchev–Trinajstić information content (AvgIpc) is 2.22. The molecule has 1 rings (SSSR count). The van der Waals surface area contributed by atoms with E-state index >= 15 is 0 Å². The minimum atomic E-state index is -0.654. The normalized spacial score (nSPS) is 12.2. The van der Waals surface area contributed by atoms with Crippen molar-refractivity contribution in [2.45, 2.75) is 19.4 Å². The minimum absolute atomic E-state index is 0.241. The number of rotatable bonds is 3. The number of carbonyl (C=O) groups is 1. The van der Waals surface area contributed by atoms with Gasteiger partial charge in [-0.15, -0.1) is 0 Å². The first-order valence-electron chi connectivity index (χ1n) is 4.66. The molecule has 0 aliphatic rings. The van der Waals surface area contributed by atoms with E-state index in [1.807, 2.05) is 0 Å². The molecule has 0 aliphatic heterocycles. The molecule has 0 fully saturated rings. The average molecular weight is 209 g/mol. The van der Waals surface area contributed by atoms with Gasteiger partial charge >= 0.3 is 5.97 Å². The molecular weight excluding hydrogens is 194 g/mol. The maximum atomic E-state index is 11.1. The lowest BCUT2D eigenvalue weighted by atomic mass is 10.0. The van der Waals surface area contributed by atoms with Crippen LogP contribution in [0.4, 0.5) is 0 Å². The summed E-state index contributed by atoms with van der Waals surface area (Å²) in [7, 11) is 1.31. The van der Waals surface area contributed by atoms with Gasteiger partial charge in [0.05, 0.1) is 7.11 Å². The second kappa shape index (κ2) is 4.79. The third-order valence-electron chi connectivity index (χ3n) is 2.22. The van der Waals surface area contributed by atoms with Gasteiger partial charge in [0.2, 0.25) is 0 Å². The van der Waals surface area contributed by atoms with Crippen molar-refractivity contribution in [2.75, 3.05) is 7.11 Å². The van der Waals surface area contributed by atoms with Crippen LogP contribution in [-0.4, -0.2) is 24.2 Å². The van der Waals surface area contributed by atoms with Gasteiger partial charge in [-0.3, -0.25) is 4.79 Å². The largest absolute Gasteiger partial charge is 0.508 e. The van der Waals surface area contributed by atoms with Crippen LogP contribution in [0.3, 0.4) is 0 Å². The van der Waals surface area contributed by atoms with E-state index in [-0.39, 0.29) is 5.75 Å². The number of phenols is 1. The Kier molecular flexibility index (Phi) is 3.68. The third-order valence-corrected chi connectivity index (χ3v) is 2.22. The summed E-state index contributed by atoms with van der Waals surface area (Å²) in [5.41, 5.74) is 7.28. The lowest BCUT2D eigenvalue weighted by Crippen LogP contribution is -2.33. The van der Waals surface area contributed by atoms with Crippen molar-refractivity contribution in [1.82, 2.24) is 0 Å². The van der Waals surface area contributed by atoms with Crippen LogP contribution in [0.25, 0.3) is 0 Å². The Morgan fingerprint density at radius 3 is 2.80 bits per heavy atom. The fourth-order valence-electron chi connectivity index (χ4n) is 1.33. The lowest BCUT2D eigenvalue weighted by Gasteiger charge is -2.09. The quantitative estimate of drug-likeness (QED) is 0.720. The number of aryl methyl sites for hydroxylation is 1. The summed E-state index contributed by atoms with van der Waals surface area (Å²) in [6.45, 7) is 1.79. The van der Waals surface area contributed by atoms with Crippen molar-refractivity contribution in [3.05, 3.63) is 29.3 Å². The first-order chi connectivity index (χ1) is 7.04. The standard InChI is InChI=1S/C11H15NO3/c1-7-5-8(3-4-10(7)13)6-9(12)11(14)15-2/h3-5,9,13H,6,12H2,1-2H3/t9-/m1/s1. The zero-order chi connectivity index (χ0) is 11.4. The highest BCUT2D eigenvalue weighted by atomic mass is 16.5. The first kappa shape index (κ1) is 11.5. The molecular formula is C11H15NO3. The van der Waals surface area contributed by atoms with E-state index in [4.69, 9.17) is 5.73 Å². The number of hydrogen-bond acceptors (Lipinski definition) is 4. The molecule has 0 unspecified atom stereocenters. The summed E-state index contributed by atoms with van der Waals surface area (Å²) in [4.78, 5) is 11.1.